The van der Waals surface area contributed by atoms with Gasteiger partial charge in [-0.3, -0.25) is 14.4 Å². The SMILES string of the molecule is CCOc1ccc(N(CCC(=O)Nc2ccc(C(C)=O)cc2)C(C)=O)cc1. The number of hydrogen-bond donors (Lipinski definition) is 1. The predicted molar refractivity (Wildman–Crippen MR) is 105 cm³/mol. The molecule has 27 heavy (non-hydrogen) atoms. The standard InChI is InChI=1S/C21H24N2O4/c1-4-27-20-11-9-19(10-12-20)23(16(3)25)14-13-21(26)22-18-7-5-17(6-8-18)15(2)24/h5-12H,4,13-14H2,1-3H3,(H,22,26). The fourth-order valence-corrected chi connectivity index (χ4v) is 2.58. The molecule has 0 atom stereocenters. The highest BCUT2D eigenvalue weighted by Crippen LogP contribution is 2.20. The lowest BCUT2D eigenvalue weighted by atomic mass is 10.1. The van der Waals surface area contributed by atoms with E-state index in [9.17, 15) is 14.4 Å². The van der Waals surface area contributed by atoms with E-state index in [1.807, 2.05) is 6.92 Å². The van der Waals surface area contributed by atoms with Crippen LogP contribution >= 0.6 is 0 Å². The van der Waals surface area contributed by atoms with Crippen molar-refractivity contribution in [3.05, 3.63) is 54.1 Å². The van der Waals surface area contributed by atoms with Crippen molar-refractivity contribution in [1.29, 1.82) is 0 Å². The van der Waals surface area contributed by atoms with Gasteiger partial charge in [0, 0.05) is 36.8 Å². The largest absolute Gasteiger partial charge is 0.494 e. The molecule has 2 aromatic rings. The molecule has 0 fully saturated rings. The molecule has 0 aliphatic carbocycles. The summed E-state index contributed by atoms with van der Waals surface area (Å²) in [7, 11) is 0. The van der Waals surface area contributed by atoms with Crippen molar-refractivity contribution in [1.82, 2.24) is 0 Å². The maximum Gasteiger partial charge on any atom is 0.226 e. The van der Waals surface area contributed by atoms with Crippen LogP contribution in [0.1, 0.15) is 37.6 Å². The van der Waals surface area contributed by atoms with Crippen molar-refractivity contribution in [2.24, 2.45) is 0 Å². The number of anilines is 2. The molecule has 0 heterocycles. The summed E-state index contributed by atoms with van der Waals surface area (Å²) < 4.78 is 5.40. The minimum Gasteiger partial charge on any atom is -0.494 e. The van der Waals surface area contributed by atoms with E-state index in [0.29, 0.717) is 23.5 Å². The lowest BCUT2D eigenvalue weighted by molar-refractivity contribution is -0.117. The lowest BCUT2D eigenvalue weighted by Crippen LogP contribution is -2.31. The van der Waals surface area contributed by atoms with Gasteiger partial charge >= 0.3 is 0 Å². The van der Waals surface area contributed by atoms with Gasteiger partial charge in [-0.05, 0) is 62.4 Å². The first-order valence-electron chi connectivity index (χ1n) is 8.82. The topological polar surface area (TPSA) is 75.7 Å². The van der Waals surface area contributed by atoms with Crippen LogP contribution in [-0.4, -0.2) is 30.7 Å². The molecule has 0 bridgehead atoms. The second kappa shape index (κ2) is 9.52. The van der Waals surface area contributed by atoms with Gasteiger partial charge in [-0.25, -0.2) is 0 Å². The zero-order chi connectivity index (χ0) is 19.8. The van der Waals surface area contributed by atoms with Crippen LogP contribution in [0.3, 0.4) is 0 Å². The minimum absolute atomic E-state index is 0.0275. The van der Waals surface area contributed by atoms with Gasteiger partial charge in [0.2, 0.25) is 11.8 Å². The predicted octanol–water partition coefficient (Wildman–Crippen LogP) is 3.67. The van der Waals surface area contributed by atoms with Crippen LogP contribution in [0, 0.1) is 0 Å². The Bertz CT molecular complexity index is 798. The summed E-state index contributed by atoms with van der Waals surface area (Å²) in [6.45, 7) is 5.70. The normalized spacial score (nSPS) is 10.2. The fraction of sp³-hybridized carbons (Fsp3) is 0.286. The van der Waals surface area contributed by atoms with Crippen molar-refractivity contribution in [2.45, 2.75) is 27.2 Å². The van der Waals surface area contributed by atoms with Gasteiger partial charge in [-0.1, -0.05) is 0 Å². The van der Waals surface area contributed by atoms with Crippen LogP contribution in [0.4, 0.5) is 11.4 Å². The second-order valence-electron chi connectivity index (χ2n) is 6.03. The molecule has 6 nitrogen and oxygen atoms in total. The molecule has 0 aliphatic heterocycles. The number of carbonyl (C=O) groups is 3. The molecule has 0 aliphatic rings. The molecule has 2 aromatic carbocycles. The fourth-order valence-electron chi connectivity index (χ4n) is 2.58. The summed E-state index contributed by atoms with van der Waals surface area (Å²) in [6, 6.07) is 13.9. The van der Waals surface area contributed by atoms with E-state index >= 15 is 0 Å². The Balaban J connectivity index is 1.95. The Morgan fingerprint density at radius 3 is 2.11 bits per heavy atom. The van der Waals surface area contributed by atoms with Gasteiger partial charge in [0.1, 0.15) is 5.75 Å². The zero-order valence-corrected chi connectivity index (χ0v) is 15.8. The van der Waals surface area contributed by atoms with E-state index < -0.39 is 0 Å². The molecule has 142 valence electrons. The quantitative estimate of drug-likeness (QED) is 0.722. The molecule has 2 amide bonds. The van der Waals surface area contributed by atoms with Gasteiger partial charge in [0.25, 0.3) is 0 Å². The summed E-state index contributed by atoms with van der Waals surface area (Å²) in [5, 5.41) is 2.77. The van der Waals surface area contributed by atoms with Crippen LogP contribution < -0.4 is 15.0 Å². The third kappa shape index (κ3) is 5.95. The Kier molecular flexibility index (Phi) is 7.11. The van der Waals surface area contributed by atoms with Crippen molar-refractivity contribution in [3.8, 4) is 5.75 Å². The third-order valence-electron chi connectivity index (χ3n) is 3.98. The van der Waals surface area contributed by atoms with Crippen molar-refractivity contribution < 1.29 is 19.1 Å². The summed E-state index contributed by atoms with van der Waals surface area (Å²) in [4.78, 5) is 37.0. The van der Waals surface area contributed by atoms with Gasteiger partial charge in [0.05, 0.1) is 6.61 Å². The van der Waals surface area contributed by atoms with Gasteiger partial charge in [-0.2, -0.15) is 0 Å². The van der Waals surface area contributed by atoms with Crippen LogP contribution in [0.2, 0.25) is 0 Å². The van der Waals surface area contributed by atoms with E-state index in [-0.39, 0.29) is 30.6 Å². The van der Waals surface area contributed by atoms with E-state index in [1.54, 1.807) is 53.4 Å². The number of nitrogens with one attached hydrogen (secondary N) is 1. The molecule has 1 N–H and O–H groups in total. The third-order valence-corrected chi connectivity index (χ3v) is 3.98. The average molecular weight is 368 g/mol. The molecule has 0 spiro atoms. The monoisotopic (exact) mass is 368 g/mol. The number of ketones is 1. The summed E-state index contributed by atoms with van der Waals surface area (Å²) in [5.74, 6) is 0.359. The molecule has 0 unspecified atom stereocenters. The maximum absolute atomic E-state index is 12.2. The molecule has 0 saturated heterocycles. The molecular formula is C21H24N2O4. The molecular weight excluding hydrogens is 344 g/mol. The molecule has 0 saturated carbocycles. The number of benzene rings is 2. The van der Waals surface area contributed by atoms with Crippen LogP contribution in [-0.2, 0) is 9.59 Å². The molecule has 2 rings (SSSR count). The Morgan fingerprint density at radius 1 is 0.963 bits per heavy atom. The molecule has 0 radical (unpaired) electrons. The minimum atomic E-state index is -0.206. The summed E-state index contributed by atoms with van der Waals surface area (Å²) in [6.07, 6.45) is 0.154. The first-order chi connectivity index (χ1) is 12.9. The Labute approximate surface area is 159 Å². The second-order valence-corrected chi connectivity index (χ2v) is 6.03. The van der Waals surface area contributed by atoms with Crippen molar-refractivity contribution >= 4 is 29.0 Å². The molecule has 6 heteroatoms. The smallest absolute Gasteiger partial charge is 0.226 e. The van der Waals surface area contributed by atoms with Gasteiger partial charge in [0.15, 0.2) is 5.78 Å². The number of carbonyl (C=O) groups excluding carboxylic acids is 3. The Hall–Kier alpha value is -3.15. The highest BCUT2D eigenvalue weighted by Gasteiger charge is 2.14. The lowest BCUT2D eigenvalue weighted by Gasteiger charge is -2.21. The van der Waals surface area contributed by atoms with Gasteiger partial charge in [-0.15, -0.1) is 0 Å². The van der Waals surface area contributed by atoms with E-state index in [4.69, 9.17) is 4.74 Å². The van der Waals surface area contributed by atoms with Crippen molar-refractivity contribution in [2.75, 3.05) is 23.4 Å². The first-order valence-corrected chi connectivity index (χ1v) is 8.82. The van der Waals surface area contributed by atoms with Gasteiger partial charge < -0.3 is 15.0 Å². The number of nitrogens with zero attached hydrogens (tertiary/aromatic N) is 1. The zero-order valence-electron chi connectivity index (χ0n) is 15.8. The van der Waals surface area contributed by atoms with Crippen LogP contribution in [0.15, 0.2) is 48.5 Å². The summed E-state index contributed by atoms with van der Waals surface area (Å²) in [5.41, 5.74) is 1.91. The average Bonchev–Trinajstić information content (AvgIpc) is 2.63. The number of amides is 2. The Morgan fingerprint density at radius 2 is 1.59 bits per heavy atom. The number of ether oxygens (including phenoxy) is 1. The van der Waals surface area contributed by atoms with E-state index in [0.717, 1.165) is 5.75 Å². The molecule has 0 aromatic heterocycles. The van der Waals surface area contributed by atoms with Crippen LogP contribution in [0.25, 0.3) is 0 Å². The first kappa shape index (κ1) is 20.2. The number of hydrogen-bond acceptors (Lipinski definition) is 4. The highest BCUT2D eigenvalue weighted by molar-refractivity contribution is 5.96. The number of rotatable bonds is 8. The maximum atomic E-state index is 12.2. The van der Waals surface area contributed by atoms with Crippen molar-refractivity contribution in [3.63, 3.8) is 0 Å². The highest BCUT2D eigenvalue weighted by atomic mass is 16.5. The van der Waals surface area contributed by atoms with E-state index in [1.165, 1.54) is 13.8 Å². The van der Waals surface area contributed by atoms with Crippen LogP contribution in [0.5, 0.6) is 5.75 Å². The number of Topliss-reactive ketones (excluding diaryl/α,β-unsaturated/α-hetero) is 1. The summed E-state index contributed by atoms with van der Waals surface area (Å²) >= 11 is 0. The van der Waals surface area contributed by atoms with E-state index in [2.05, 4.69) is 5.32 Å².